The second-order valence-corrected chi connectivity index (χ2v) is 11.7. The van der Waals surface area contributed by atoms with Gasteiger partial charge in [-0.1, -0.05) is 66.7 Å². The van der Waals surface area contributed by atoms with Crippen molar-refractivity contribution in [1.82, 2.24) is 5.32 Å². The number of aliphatic hydroxyl groups excluding tert-OH is 3. The summed E-state index contributed by atoms with van der Waals surface area (Å²) in [6, 6.07) is 15.9. The summed E-state index contributed by atoms with van der Waals surface area (Å²) in [7, 11) is 0. The number of aryl methyl sites for hydroxylation is 1. The van der Waals surface area contributed by atoms with E-state index in [1.807, 2.05) is 42.5 Å². The fourth-order valence-corrected chi connectivity index (χ4v) is 5.77. The molecule has 4 N–H and O–H groups in total. The number of carbonyl (C=O) groups excluding carboxylic acids is 2. The number of allylic oxidation sites excluding steroid dienone is 2. The van der Waals surface area contributed by atoms with Crippen LogP contribution in [0.25, 0.3) is 0 Å². The maximum Gasteiger partial charge on any atom is 0.328 e. The summed E-state index contributed by atoms with van der Waals surface area (Å²) in [6.45, 7) is 1.16. The van der Waals surface area contributed by atoms with Gasteiger partial charge in [0, 0.05) is 6.42 Å². The molecule has 1 saturated carbocycles. The zero-order valence-electron chi connectivity index (χ0n) is 25.8. The van der Waals surface area contributed by atoms with Gasteiger partial charge in [-0.15, -0.1) is 10.1 Å². The molecule has 45 heavy (non-hydrogen) atoms. The highest BCUT2D eigenvalue weighted by Gasteiger charge is 2.40. The first kappa shape index (κ1) is 35.7. The number of esters is 1. The molecule has 11 heteroatoms. The summed E-state index contributed by atoms with van der Waals surface area (Å²) < 4.78 is 5.29. The predicted octanol–water partition coefficient (Wildman–Crippen LogP) is 4.19. The number of hydrogen-bond donors (Lipinski definition) is 4. The Hall–Kier alpha value is -3.80. The molecule has 2 aromatic rings. The number of ether oxygens (including phenoxy) is 1. The van der Waals surface area contributed by atoms with E-state index in [0.717, 1.165) is 6.42 Å². The molecule has 3 rings (SSSR count). The number of hydrogen-bond acceptors (Lipinski definition) is 9. The highest BCUT2D eigenvalue weighted by atomic mass is 16.9. The third-order valence-electron chi connectivity index (χ3n) is 8.36. The molecule has 0 heterocycles. The molecule has 11 nitrogen and oxygen atoms in total. The predicted molar refractivity (Wildman–Crippen MR) is 167 cm³/mol. The highest BCUT2D eigenvalue weighted by Crippen LogP contribution is 2.38. The number of nitrogens with one attached hydrogen (secondary N) is 1. The van der Waals surface area contributed by atoms with Crippen molar-refractivity contribution in [3.05, 3.63) is 93.6 Å². The van der Waals surface area contributed by atoms with Gasteiger partial charge in [0.25, 0.3) is 5.09 Å². The zero-order valence-corrected chi connectivity index (χ0v) is 25.8. The minimum atomic E-state index is -0.888. The van der Waals surface area contributed by atoms with Crippen molar-refractivity contribution in [3.8, 4) is 0 Å². The van der Waals surface area contributed by atoms with Crippen LogP contribution in [0.5, 0.6) is 0 Å². The number of aliphatic hydroxyl groups is 3. The molecular formula is C34H46N2O9. The molecule has 1 fully saturated rings. The molecular weight excluding hydrogens is 580 g/mol. The van der Waals surface area contributed by atoms with Gasteiger partial charge in [-0.3, -0.25) is 4.79 Å². The number of benzene rings is 2. The van der Waals surface area contributed by atoms with Gasteiger partial charge in [0.05, 0.1) is 18.3 Å². The first-order chi connectivity index (χ1) is 21.6. The van der Waals surface area contributed by atoms with E-state index in [2.05, 4.69) is 10.2 Å². The Bertz CT molecular complexity index is 1240. The number of amides is 1. The van der Waals surface area contributed by atoms with Gasteiger partial charge >= 0.3 is 5.97 Å². The van der Waals surface area contributed by atoms with Crippen LogP contribution in [-0.2, 0) is 38.8 Å². The minimum Gasteiger partial charge on any atom is -0.459 e. The first-order valence-corrected chi connectivity index (χ1v) is 15.7. The number of unbranched alkanes of at least 4 members (excludes halogenated alkanes) is 1. The van der Waals surface area contributed by atoms with E-state index in [1.165, 1.54) is 12.5 Å². The van der Waals surface area contributed by atoms with Crippen LogP contribution in [0.4, 0.5) is 0 Å². The molecule has 0 spiro atoms. The van der Waals surface area contributed by atoms with Crippen molar-refractivity contribution in [3.63, 3.8) is 0 Å². The van der Waals surface area contributed by atoms with E-state index in [-0.39, 0.29) is 37.4 Å². The Morgan fingerprint density at radius 3 is 2.38 bits per heavy atom. The maximum absolute atomic E-state index is 12.4. The first-order valence-electron chi connectivity index (χ1n) is 15.7. The van der Waals surface area contributed by atoms with Gasteiger partial charge in [-0.2, -0.15) is 0 Å². The van der Waals surface area contributed by atoms with E-state index < -0.39 is 35.4 Å². The Balaban J connectivity index is 1.32. The Kier molecular flexibility index (Phi) is 15.0. The monoisotopic (exact) mass is 626 g/mol. The second kappa shape index (κ2) is 18.9. The quantitative estimate of drug-likeness (QED) is 0.0587. The van der Waals surface area contributed by atoms with Crippen molar-refractivity contribution in [2.24, 2.45) is 11.8 Å². The number of carbonyl (C=O) groups is 2. The van der Waals surface area contributed by atoms with Crippen molar-refractivity contribution in [1.29, 1.82) is 0 Å². The van der Waals surface area contributed by atoms with Gasteiger partial charge in [-0.05, 0) is 86.8 Å². The molecule has 0 aliphatic heterocycles. The van der Waals surface area contributed by atoms with Crippen molar-refractivity contribution in [2.75, 3.05) is 0 Å². The summed E-state index contributed by atoms with van der Waals surface area (Å²) in [5, 5.41) is 43.8. The Morgan fingerprint density at radius 1 is 1.00 bits per heavy atom. The van der Waals surface area contributed by atoms with E-state index in [4.69, 9.17) is 4.74 Å². The van der Waals surface area contributed by atoms with Gasteiger partial charge in [0.2, 0.25) is 5.91 Å². The average molecular weight is 627 g/mol. The molecule has 0 bridgehead atoms. The molecule has 2 aromatic carbocycles. The van der Waals surface area contributed by atoms with E-state index >= 15 is 0 Å². The lowest BCUT2D eigenvalue weighted by Crippen LogP contribution is -2.39. The van der Waals surface area contributed by atoms with Crippen LogP contribution in [0.2, 0.25) is 0 Å². The SMILES string of the molecule is CC(NC(=O)CCCC=CC[C@@H]1[C@@H](CC[C@@H](O)CCc2ccccc2)[C@H](O)C[C@@H]1O)C(=O)OCc1ccccc1CO[N+](=O)[O-]. The molecule has 1 aliphatic carbocycles. The van der Waals surface area contributed by atoms with Crippen LogP contribution in [0.15, 0.2) is 66.7 Å². The molecule has 6 atom stereocenters. The van der Waals surface area contributed by atoms with Crippen LogP contribution in [-0.4, -0.2) is 56.6 Å². The van der Waals surface area contributed by atoms with Gasteiger partial charge in [-0.25, -0.2) is 4.79 Å². The van der Waals surface area contributed by atoms with Crippen LogP contribution in [0.3, 0.4) is 0 Å². The third-order valence-corrected chi connectivity index (χ3v) is 8.36. The highest BCUT2D eigenvalue weighted by molar-refractivity contribution is 5.84. The lowest BCUT2D eigenvalue weighted by atomic mass is 9.85. The lowest BCUT2D eigenvalue weighted by Gasteiger charge is -2.23. The van der Waals surface area contributed by atoms with Crippen LogP contribution in [0.1, 0.15) is 75.0 Å². The molecule has 1 aliphatic rings. The molecule has 0 radical (unpaired) electrons. The summed E-state index contributed by atoms with van der Waals surface area (Å²) >= 11 is 0. The fraction of sp³-hybridized carbons (Fsp3) is 0.529. The summed E-state index contributed by atoms with van der Waals surface area (Å²) in [5.41, 5.74) is 2.28. The fourth-order valence-electron chi connectivity index (χ4n) is 5.77. The molecule has 0 aromatic heterocycles. The molecule has 0 saturated heterocycles. The van der Waals surface area contributed by atoms with Crippen LogP contribution < -0.4 is 5.32 Å². The van der Waals surface area contributed by atoms with Crippen molar-refractivity contribution >= 4 is 11.9 Å². The standard InChI is InChI=1S/C34H46N2O9/c1-24(34(41)44-22-26-13-9-10-14-27(26)23-45-36(42)43)35-33(40)16-8-3-2-7-15-29-30(32(39)21-31(29)38)20-19-28(37)18-17-25-11-5-4-6-12-25/h2,4-7,9-14,24,28-32,37-39H,3,8,15-23H2,1H3,(H,35,40)/t24?,28-,29+,30+,31-,32+/m0/s1. The summed E-state index contributed by atoms with van der Waals surface area (Å²) in [4.78, 5) is 39.6. The van der Waals surface area contributed by atoms with Gasteiger partial charge < -0.3 is 30.2 Å². The summed E-state index contributed by atoms with van der Waals surface area (Å²) in [5.74, 6) is -1.07. The van der Waals surface area contributed by atoms with Gasteiger partial charge in [0.15, 0.2) is 0 Å². The molecule has 1 amide bonds. The number of nitrogens with zero attached hydrogens (tertiary/aromatic N) is 1. The molecule has 246 valence electrons. The second-order valence-electron chi connectivity index (χ2n) is 11.7. The van der Waals surface area contributed by atoms with Gasteiger partial charge in [0.1, 0.15) is 19.3 Å². The Labute approximate surface area is 264 Å². The largest absolute Gasteiger partial charge is 0.459 e. The maximum atomic E-state index is 12.4. The number of rotatable bonds is 19. The van der Waals surface area contributed by atoms with Crippen LogP contribution >= 0.6 is 0 Å². The van der Waals surface area contributed by atoms with E-state index in [1.54, 1.807) is 24.3 Å². The zero-order chi connectivity index (χ0) is 32.6. The molecule has 1 unspecified atom stereocenters. The van der Waals surface area contributed by atoms with Crippen molar-refractivity contribution < 1.29 is 39.6 Å². The average Bonchev–Trinajstić information content (AvgIpc) is 3.30. The Morgan fingerprint density at radius 2 is 1.67 bits per heavy atom. The lowest BCUT2D eigenvalue weighted by molar-refractivity contribution is -0.763. The normalized spacial score (nSPS) is 20.9. The summed E-state index contributed by atoms with van der Waals surface area (Å²) in [6.07, 6.45) is 7.38. The van der Waals surface area contributed by atoms with Crippen molar-refractivity contribution in [2.45, 2.75) is 102 Å². The topological polar surface area (TPSA) is 168 Å². The van der Waals surface area contributed by atoms with E-state index in [9.17, 15) is 35.0 Å². The minimum absolute atomic E-state index is 0.0779. The smallest absolute Gasteiger partial charge is 0.328 e. The van der Waals surface area contributed by atoms with Crippen LogP contribution in [0, 0.1) is 22.0 Å². The van der Waals surface area contributed by atoms with E-state index in [0.29, 0.717) is 56.1 Å². The third kappa shape index (κ3) is 12.6.